The second-order valence-electron chi connectivity index (χ2n) is 4.00. The fourth-order valence-corrected chi connectivity index (χ4v) is 1.64. The highest BCUT2D eigenvalue weighted by atomic mass is 19.1. The Balaban J connectivity index is 2.23. The molecular weight excluding hydrogens is 215 g/mol. The Morgan fingerprint density at radius 2 is 1.59 bits per heavy atom. The summed E-state index contributed by atoms with van der Waals surface area (Å²) in [4.78, 5) is 11.9. The Hall–Kier alpha value is -1.96. The van der Waals surface area contributed by atoms with Crippen LogP contribution in [-0.4, -0.2) is 5.78 Å². The van der Waals surface area contributed by atoms with Gasteiger partial charge in [-0.2, -0.15) is 0 Å². The van der Waals surface area contributed by atoms with E-state index in [0.717, 1.165) is 5.56 Å². The van der Waals surface area contributed by atoms with E-state index in [9.17, 15) is 9.18 Å². The topological polar surface area (TPSA) is 17.1 Å². The molecule has 0 saturated heterocycles. The van der Waals surface area contributed by atoms with Crippen molar-refractivity contribution in [2.75, 3.05) is 0 Å². The average Bonchev–Trinajstić information content (AvgIpc) is 2.39. The van der Waals surface area contributed by atoms with E-state index in [1.807, 2.05) is 6.92 Å². The Morgan fingerprint density at radius 1 is 1.00 bits per heavy atom. The molecule has 0 aliphatic heterocycles. The van der Waals surface area contributed by atoms with Crippen LogP contribution in [0.2, 0.25) is 0 Å². The van der Waals surface area contributed by atoms with Crippen LogP contribution in [0.4, 0.5) is 4.39 Å². The first-order valence-electron chi connectivity index (χ1n) is 5.48. The molecule has 1 nitrogen and oxygen atoms in total. The predicted molar refractivity (Wildman–Crippen MR) is 65.8 cm³/mol. The van der Waals surface area contributed by atoms with Crippen LogP contribution in [0, 0.1) is 6.92 Å². The van der Waals surface area contributed by atoms with Gasteiger partial charge in [0, 0.05) is 5.56 Å². The number of alkyl halides is 1. The van der Waals surface area contributed by atoms with Crippen LogP contribution in [0.1, 0.15) is 27.7 Å². The zero-order valence-electron chi connectivity index (χ0n) is 9.56. The summed E-state index contributed by atoms with van der Waals surface area (Å²) in [6, 6.07) is 15.4. The fraction of sp³-hybridized carbons (Fsp3) is 0.133. The summed E-state index contributed by atoms with van der Waals surface area (Å²) >= 11 is 0. The van der Waals surface area contributed by atoms with E-state index >= 15 is 0 Å². The van der Waals surface area contributed by atoms with Gasteiger partial charge in [-0.1, -0.05) is 60.2 Å². The van der Waals surface area contributed by atoms with Gasteiger partial charge in [0.1, 0.15) is 0 Å². The Morgan fingerprint density at radius 3 is 2.18 bits per heavy atom. The lowest BCUT2D eigenvalue weighted by molar-refractivity contribution is 0.0878. The van der Waals surface area contributed by atoms with Crippen molar-refractivity contribution in [1.29, 1.82) is 0 Å². The first kappa shape index (κ1) is 11.5. The predicted octanol–water partition coefficient (Wildman–Crippen LogP) is 3.89. The van der Waals surface area contributed by atoms with Crippen LogP contribution in [0.25, 0.3) is 0 Å². The molecule has 2 heteroatoms. The molecule has 0 fully saturated rings. The lowest BCUT2D eigenvalue weighted by Crippen LogP contribution is -2.08. The van der Waals surface area contributed by atoms with Crippen molar-refractivity contribution < 1.29 is 9.18 Å². The highest BCUT2D eigenvalue weighted by Crippen LogP contribution is 2.22. The quantitative estimate of drug-likeness (QED) is 0.728. The van der Waals surface area contributed by atoms with Crippen LogP contribution in [0.15, 0.2) is 54.6 Å². The highest BCUT2D eigenvalue weighted by molar-refractivity contribution is 5.99. The van der Waals surface area contributed by atoms with Crippen molar-refractivity contribution in [2.45, 2.75) is 13.1 Å². The number of ketones is 1. The first-order valence-corrected chi connectivity index (χ1v) is 5.48. The van der Waals surface area contributed by atoms with Crippen molar-refractivity contribution in [3.05, 3.63) is 71.3 Å². The standard InChI is InChI=1S/C15H13FO/c1-11-7-9-12(10-8-11)14(16)15(17)13-5-3-2-4-6-13/h2-10,14H,1H3. The third kappa shape index (κ3) is 2.59. The minimum atomic E-state index is -1.59. The number of carbonyl (C=O) groups is 1. The van der Waals surface area contributed by atoms with Gasteiger partial charge in [-0.25, -0.2) is 4.39 Å². The number of Topliss-reactive ketones (excluding diaryl/α,β-unsaturated/α-hetero) is 1. The van der Waals surface area contributed by atoms with E-state index in [0.29, 0.717) is 11.1 Å². The van der Waals surface area contributed by atoms with Crippen molar-refractivity contribution in [1.82, 2.24) is 0 Å². The minimum Gasteiger partial charge on any atom is -0.290 e. The van der Waals surface area contributed by atoms with Crippen LogP contribution in [0.5, 0.6) is 0 Å². The Kier molecular flexibility index (Phi) is 3.33. The number of benzene rings is 2. The normalized spacial score (nSPS) is 12.1. The van der Waals surface area contributed by atoms with E-state index in [-0.39, 0.29) is 0 Å². The number of carbonyl (C=O) groups excluding carboxylic acids is 1. The van der Waals surface area contributed by atoms with Gasteiger partial charge in [-0.15, -0.1) is 0 Å². The molecule has 86 valence electrons. The molecule has 17 heavy (non-hydrogen) atoms. The van der Waals surface area contributed by atoms with Gasteiger partial charge in [0.25, 0.3) is 0 Å². The zero-order valence-corrected chi connectivity index (χ0v) is 9.56. The molecule has 0 N–H and O–H groups in total. The highest BCUT2D eigenvalue weighted by Gasteiger charge is 2.20. The molecule has 2 aromatic rings. The van der Waals surface area contributed by atoms with E-state index in [1.165, 1.54) is 0 Å². The van der Waals surface area contributed by atoms with E-state index < -0.39 is 12.0 Å². The molecule has 0 spiro atoms. The van der Waals surface area contributed by atoms with Crippen molar-refractivity contribution >= 4 is 5.78 Å². The molecule has 0 aliphatic carbocycles. The molecule has 0 aliphatic rings. The van der Waals surface area contributed by atoms with Crippen molar-refractivity contribution in [2.24, 2.45) is 0 Å². The molecule has 0 aromatic heterocycles. The molecule has 0 heterocycles. The summed E-state index contributed by atoms with van der Waals surface area (Å²) in [6.45, 7) is 1.93. The van der Waals surface area contributed by atoms with Crippen LogP contribution < -0.4 is 0 Å². The van der Waals surface area contributed by atoms with Crippen molar-refractivity contribution in [3.8, 4) is 0 Å². The molecule has 0 bridgehead atoms. The lowest BCUT2D eigenvalue weighted by Gasteiger charge is -2.07. The Bertz CT molecular complexity index is 502. The summed E-state index contributed by atoms with van der Waals surface area (Å²) in [5.41, 5.74) is 1.86. The summed E-state index contributed by atoms with van der Waals surface area (Å²) in [6.07, 6.45) is -1.59. The molecule has 1 atom stereocenters. The summed E-state index contributed by atoms with van der Waals surface area (Å²) < 4.78 is 14.0. The van der Waals surface area contributed by atoms with Gasteiger partial charge >= 0.3 is 0 Å². The molecular formula is C15H13FO. The molecule has 0 saturated carbocycles. The maximum atomic E-state index is 14.0. The van der Waals surface area contributed by atoms with Gasteiger partial charge in [0.2, 0.25) is 5.78 Å². The van der Waals surface area contributed by atoms with Gasteiger partial charge < -0.3 is 0 Å². The fourth-order valence-electron chi connectivity index (χ4n) is 1.64. The average molecular weight is 228 g/mol. The van der Waals surface area contributed by atoms with E-state index in [1.54, 1.807) is 54.6 Å². The third-order valence-electron chi connectivity index (χ3n) is 2.66. The summed E-state index contributed by atoms with van der Waals surface area (Å²) in [5.74, 6) is -0.491. The van der Waals surface area contributed by atoms with Gasteiger partial charge in [-0.05, 0) is 12.5 Å². The second-order valence-corrected chi connectivity index (χ2v) is 4.00. The first-order chi connectivity index (χ1) is 8.18. The van der Waals surface area contributed by atoms with Gasteiger partial charge in [-0.3, -0.25) is 4.79 Å². The number of hydrogen-bond acceptors (Lipinski definition) is 1. The van der Waals surface area contributed by atoms with Gasteiger partial charge in [0.05, 0.1) is 0 Å². The summed E-state index contributed by atoms with van der Waals surface area (Å²) in [5, 5.41) is 0. The maximum absolute atomic E-state index is 14.0. The monoisotopic (exact) mass is 228 g/mol. The SMILES string of the molecule is Cc1ccc(C(F)C(=O)c2ccccc2)cc1. The number of halogens is 1. The molecule has 0 amide bonds. The molecule has 1 unspecified atom stereocenters. The zero-order chi connectivity index (χ0) is 12.3. The molecule has 2 aromatic carbocycles. The summed E-state index contributed by atoms with van der Waals surface area (Å²) in [7, 11) is 0. The second kappa shape index (κ2) is 4.91. The molecule has 2 rings (SSSR count). The Labute approximate surface area is 99.9 Å². The third-order valence-corrected chi connectivity index (χ3v) is 2.66. The van der Waals surface area contributed by atoms with E-state index in [4.69, 9.17) is 0 Å². The van der Waals surface area contributed by atoms with Crippen LogP contribution >= 0.6 is 0 Å². The minimum absolute atomic E-state index is 0.403. The van der Waals surface area contributed by atoms with E-state index in [2.05, 4.69) is 0 Å². The largest absolute Gasteiger partial charge is 0.290 e. The smallest absolute Gasteiger partial charge is 0.201 e. The van der Waals surface area contributed by atoms with Crippen LogP contribution in [0.3, 0.4) is 0 Å². The number of rotatable bonds is 3. The van der Waals surface area contributed by atoms with Crippen molar-refractivity contribution in [3.63, 3.8) is 0 Å². The maximum Gasteiger partial charge on any atom is 0.201 e. The lowest BCUT2D eigenvalue weighted by atomic mass is 10.0. The van der Waals surface area contributed by atoms with Crippen LogP contribution in [-0.2, 0) is 0 Å². The van der Waals surface area contributed by atoms with Gasteiger partial charge in [0.15, 0.2) is 6.17 Å². The number of aryl methyl sites for hydroxylation is 1. The number of hydrogen-bond donors (Lipinski definition) is 0. The molecule has 0 radical (unpaired) electrons.